The van der Waals surface area contributed by atoms with Crippen LogP contribution >= 0.6 is 23.2 Å². The number of piperidine rings is 1. The quantitative estimate of drug-likeness (QED) is 0.283. The molecule has 1 aromatic carbocycles. The van der Waals surface area contributed by atoms with Gasteiger partial charge in [-0.3, -0.25) is 9.48 Å². The van der Waals surface area contributed by atoms with E-state index in [0.29, 0.717) is 35.1 Å². The van der Waals surface area contributed by atoms with Gasteiger partial charge in [-0.05, 0) is 50.4 Å². The van der Waals surface area contributed by atoms with Crippen LogP contribution in [0.5, 0.6) is 5.75 Å². The van der Waals surface area contributed by atoms with Crippen LogP contribution in [-0.4, -0.2) is 45.2 Å². The molecule has 0 saturated carbocycles. The van der Waals surface area contributed by atoms with Gasteiger partial charge in [-0.25, -0.2) is 9.37 Å². The van der Waals surface area contributed by atoms with E-state index in [0.717, 1.165) is 56.3 Å². The van der Waals surface area contributed by atoms with Crippen molar-refractivity contribution in [3.05, 3.63) is 58.2 Å². The molecule has 0 radical (unpaired) electrons. The second-order valence-electron chi connectivity index (χ2n) is 9.39. The minimum absolute atomic E-state index is 0.0846. The molecule has 1 fully saturated rings. The highest BCUT2D eigenvalue weighted by atomic mass is 35.5. The van der Waals surface area contributed by atoms with Gasteiger partial charge in [-0.1, -0.05) is 29.6 Å². The minimum atomic E-state index is -0.746. The first kappa shape index (κ1) is 25.8. The number of pyridine rings is 1. The van der Waals surface area contributed by atoms with Crippen molar-refractivity contribution in [1.82, 2.24) is 19.7 Å². The molecule has 196 valence electrons. The molecule has 2 aromatic heterocycles. The Morgan fingerprint density at radius 3 is 2.76 bits per heavy atom. The molecule has 3 aromatic rings. The van der Waals surface area contributed by atoms with Crippen molar-refractivity contribution in [2.75, 3.05) is 25.0 Å². The number of carbonyl (C=O) groups excluding carboxylic acids is 1. The number of nitrogens with zero attached hydrogens (tertiary/aromatic N) is 4. The molecule has 1 amide bonds. The first-order valence-corrected chi connectivity index (χ1v) is 13.3. The van der Waals surface area contributed by atoms with Gasteiger partial charge in [0.2, 0.25) is 12.1 Å². The van der Waals surface area contributed by atoms with E-state index in [1.165, 1.54) is 12.1 Å². The molecule has 5 rings (SSSR count). The number of hydrogen-bond acceptors (Lipinski definition) is 6. The van der Waals surface area contributed by atoms with Crippen LogP contribution in [0.4, 0.5) is 10.2 Å². The highest BCUT2D eigenvalue weighted by Crippen LogP contribution is 2.43. The Morgan fingerprint density at radius 1 is 1.16 bits per heavy atom. The predicted octanol–water partition coefficient (Wildman–Crippen LogP) is 5.58. The number of halogens is 3. The Bertz CT molecular complexity index is 1280. The number of likely N-dealkylation sites (tertiary alicyclic amines) is 1. The highest BCUT2D eigenvalue weighted by Gasteiger charge is 2.30. The van der Waals surface area contributed by atoms with Gasteiger partial charge in [0.25, 0.3) is 0 Å². The van der Waals surface area contributed by atoms with Gasteiger partial charge >= 0.3 is 0 Å². The summed E-state index contributed by atoms with van der Waals surface area (Å²) < 4.78 is 22.0. The average Bonchev–Trinajstić information content (AvgIpc) is 3.56. The minimum Gasteiger partial charge on any atom is -0.462 e. The summed E-state index contributed by atoms with van der Waals surface area (Å²) in [5.41, 5.74) is 7.60. The van der Waals surface area contributed by atoms with Crippen LogP contribution < -0.4 is 15.8 Å². The van der Waals surface area contributed by atoms with Crippen molar-refractivity contribution in [3.63, 3.8) is 0 Å². The second kappa shape index (κ2) is 11.2. The topological polar surface area (TPSA) is 98.3 Å². The zero-order chi connectivity index (χ0) is 25.9. The number of amides is 1. The molecule has 8 nitrogen and oxygen atoms in total. The number of rotatable bonds is 8. The number of unbranched alkanes of at least 4 members (excludes halogenated alkanes) is 2. The van der Waals surface area contributed by atoms with Gasteiger partial charge < -0.3 is 20.7 Å². The van der Waals surface area contributed by atoms with E-state index in [2.05, 4.69) is 15.4 Å². The third kappa shape index (κ3) is 5.54. The van der Waals surface area contributed by atoms with Crippen LogP contribution in [0, 0.1) is 5.82 Å². The van der Waals surface area contributed by atoms with E-state index in [4.69, 9.17) is 33.7 Å². The van der Waals surface area contributed by atoms with Gasteiger partial charge in [0.1, 0.15) is 5.82 Å². The molecule has 3 N–H and O–H groups in total. The van der Waals surface area contributed by atoms with E-state index < -0.39 is 12.0 Å². The summed E-state index contributed by atoms with van der Waals surface area (Å²) in [4.78, 5) is 18.9. The highest BCUT2D eigenvalue weighted by molar-refractivity contribution is 6.36. The lowest BCUT2D eigenvalue weighted by Crippen LogP contribution is -2.39. The maximum Gasteiger partial charge on any atom is 0.222 e. The standard InChI is InChI=1S/C26H29Cl2FN6O2/c27-19-5-6-20(29)24(28)23(19)26-33-25-21(37-26)12-16(13-31-25)17-14-32-35(15-17)18-7-10-34(11-8-18)22(36)4-2-1-3-9-30/h5-6,12-15,18,26H,1-4,7-11,30H2,(H,31,33). The van der Waals surface area contributed by atoms with Gasteiger partial charge in [-0.2, -0.15) is 5.10 Å². The molecule has 2 aliphatic rings. The van der Waals surface area contributed by atoms with E-state index in [-0.39, 0.29) is 17.0 Å². The van der Waals surface area contributed by atoms with Crippen LogP contribution in [0.3, 0.4) is 0 Å². The Labute approximate surface area is 224 Å². The van der Waals surface area contributed by atoms with Crippen molar-refractivity contribution in [2.45, 2.75) is 50.8 Å². The molecule has 11 heteroatoms. The molecule has 1 atom stereocenters. The number of anilines is 1. The first-order chi connectivity index (χ1) is 17.9. The number of aromatic nitrogens is 3. The largest absolute Gasteiger partial charge is 0.462 e. The summed E-state index contributed by atoms with van der Waals surface area (Å²) >= 11 is 12.4. The molecular weight excluding hydrogens is 518 g/mol. The summed E-state index contributed by atoms with van der Waals surface area (Å²) in [6, 6.07) is 4.76. The molecule has 0 bridgehead atoms. The predicted molar refractivity (Wildman–Crippen MR) is 141 cm³/mol. The Balaban J connectivity index is 1.21. The maximum absolute atomic E-state index is 14.0. The molecular formula is C26H29Cl2FN6O2. The van der Waals surface area contributed by atoms with Crippen LogP contribution in [0.15, 0.2) is 36.8 Å². The summed E-state index contributed by atoms with van der Waals surface area (Å²) in [5, 5.41) is 7.90. The van der Waals surface area contributed by atoms with Crippen molar-refractivity contribution < 1.29 is 13.9 Å². The van der Waals surface area contributed by atoms with Crippen LogP contribution in [0.25, 0.3) is 11.1 Å². The van der Waals surface area contributed by atoms with Gasteiger partial charge in [0.15, 0.2) is 11.6 Å². The summed E-state index contributed by atoms with van der Waals surface area (Å²) in [7, 11) is 0. The Morgan fingerprint density at radius 2 is 1.97 bits per heavy atom. The summed E-state index contributed by atoms with van der Waals surface area (Å²) in [6.45, 7) is 2.15. The Kier molecular flexibility index (Phi) is 7.83. The zero-order valence-corrected chi connectivity index (χ0v) is 21.8. The fourth-order valence-electron chi connectivity index (χ4n) is 4.82. The molecule has 1 saturated heterocycles. The van der Waals surface area contributed by atoms with Crippen molar-refractivity contribution in [1.29, 1.82) is 0 Å². The molecule has 0 spiro atoms. The molecule has 4 heterocycles. The summed E-state index contributed by atoms with van der Waals surface area (Å²) in [6.07, 6.45) is 9.98. The molecule has 0 aliphatic carbocycles. The number of carbonyl (C=O) groups is 1. The van der Waals surface area contributed by atoms with E-state index in [1.54, 1.807) is 12.4 Å². The van der Waals surface area contributed by atoms with Crippen molar-refractivity contribution in [2.24, 2.45) is 5.73 Å². The number of nitrogens with two attached hydrogens (primary N) is 1. The third-order valence-corrected chi connectivity index (χ3v) is 7.64. The number of nitrogens with one attached hydrogen (secondary N) is 1. The van der Waals surface area contributed by atoms with Gasteiger partial charge in [0, 0.05) is 43.0 Å². The lowest BCUT2D eigenvalue weighted by molar-refractivity contribution is -0.132. The number of hydrogen-bond donors (Lipinski definition) is 2. The second-order valence-corrected chi connectivity index (χ2v) is 10.2. The van der Waals surface area contributed by atoms with E-state index >= 15 is 0 Å². The summed E-state index contributed by atoms with van der Waals surface area (Å²) in [5.74, 6) is 0.706. The number of ether oxygens (including phenoxy) is 1. The fraction of sp³-hybridized carbons (Fsp3) is 0.423. The zero-order valence-electron chi connectivity index (χ0n) is 20.3. The van der Waals surface area contributed by atoms with Crippen LogP contribution in [-0.2, 0) is 4.79 Å². The van der Waals surface area contributed by atoms with E-state index in [9.17, 15) is 9.18 Å². The Hall–Kier alpha value is -2.88. The van der Waals surface area contributed by atoms with Crippen molar-refractivity contribution >= 4 is 34.9 Å². The fourth-order valence-corrected chi connectivity index (χ4v) is 5.39. The first-order valence-electron chi connectivity index (χ1n) is 12.5. The number of fused-ring (bicyclic) bond motifs is 1. The van der Waals surface area contributed by atoms with Crippen LogP contribution in [0.1, 0.15) is 56.4 Å². The molecule has 1 unspecified atom stereocenters. The van der Waals surface area contributed by atoms with Crippen LogP contribution in [0.2, 0.25) is 10.0 Å². The molecule has 2 aliphatic heterocycles. The maximum atomic E-state index is 14.0. The lowest BCUT2D eigenvalue weighted by atomic mass is 10.0. The lowest BCUT2D eigenvalue weighted by Gasteiger charge is -2.32. The monoisotopic (exact) mass is 546 g/mol. The third-order valence-electron chi connectivity index (χ3n) is 6.93. The van der Waals surface area contributed by atoms with Gasteiger partial charge in [0.05, 0.1) is 27.8 Å². The smallest absolute Gasteiger partial charge is 0.222 e. The average molecular weight is 547 g/mol. The SMILES string of the molecule is NCCCCCC(=O)N1CCC(n2cc(-c3cnc4c(c3)OC(c3c(Cl)ccc(F)c3Cl)N4)cn2)CC1. The normalized spacial score (nSPS) is 17.4. The van der Waals surface area contributed by atoms with Crippen molar-refractivity contribution in [3.8, 4) is 16.9 Å². The molecule has 37 heavy (non-hydrogen) atoms. The van der Waals surface area contributed by atoms with E-state index in [1.807, 2.05) is 21.8 Å². The number of benzene rings is 1. The van der Waals surface area contributed by atoms with Gasteiger partial charge in [-0.15, -0.1) is 0 Å².